The number of rotatable bonds is 14. The minimum atomic E-state index is -0.253. The van der Waals surface area contributed by atoms with E-state index in [1.54, 1.807) is 38.4 Å². The summed E-state index contributed by atoms with van der Waals surface area (Å²) in [7, 11) is 5.00. The summed E-state index contributed by atoms with van der Waals surface area (Å²) in [6.45, 7) is 2.76. The Bertz CT molecular complexity index is 1600. The molecular weight excluding hydrogens is 590 g/mol. The number of nitrogens with two attached hydrogens (primary N) is 2. The second-order valence-electron chi connectivity index (χ2n) is 10.4. The highest BCUT2D eigenvalue weighted by Gasteiger charge is 2.29. The molecule has 7 N–H and O–H groups in total. The molecule has 1 atom stereocenters. The van der Waals surface area contributed by atoms with Gasteiger partial charge in [-0.15, -0.1) is 0 Å². The van der Waals surface area contributed by atoms with E-state index in [4.69, 9.17) is 21.6 Å². The monoisotopic (exact) mass is 629 g/mol. The number of allylic oxidation sites excluding steroid dienone is 1. The summed E-state index contributed by atoms with van der Waals surface area (Å²) < 4.78 is 5.82. The Labute approximate surface area is 267 Å². The van der Waals surface area contributed by atoms with Gasteiger partial charge in [0, 0.05) is 50.0 Å². The molecule has 236 valence electrons. The molecule has 4 rings (SSSR count). The van der Waals surface area contributed by atoms with Gasteiger partial charge in [0.15, 0.2) is 0 Å². The van der Waals surface area contributed by atoms with Gasteiger partial charge in [0.1, 0.15) is 28.4 Å². The van der Waals surface area contributed by atoms with Crippen LogP contribution in [0, 0.1) is 11.3 Å². The van der Waals surface area contributed by atoms with Gasteiger partial charge in [-0.3, -0.25) is 20.0 Å². The van der Waals surface area contributed by atoms with E-state index in [0.29, 0.717) is 53.6 Å². The second-order valence-corrected chi connectivity index (χ2v) is 11.7. The molecule has 0 bridgehead atoms. The Hall–Kier alpha value is -4.71. The molecule has 1 unspecified atom stereocenters. The number of pyridine rings is 1. The SMILES string of the molecule is CC/C=C(/NC)C(=N)/C(=C\C(N)=NC(=O)C1CC1)Nc1cccc(-c2ccc(C(=O)N(C)CC3N=C=C(CN)S3)nc2)c1OC. The maximum atomic E-state index is 13.1. The summed E-state index contributed by atoms with van der Waals surface area (Å²) in [6.07, 6.45) is 7.32. The molecule has 0 spiro atoms. The van der Waals surface area contributed by atoms with Gasteiger partial charge < -0.3 is 31.7 Å². The quantitative estimate of drug-likeness (QED) is 0.154. The van der Waals surface area contributed by atoms with E-state index in [1.165, 1.54) is 17.8 Å². The second kappa shape index (κ2) is 15.3. The predicted molar refractivity (Wildman–Crippen MR) is 181 cm³/mol. The molecule has 1 saturated carbocycles. The fraction of sp³-hybridized carbons (Fsp3) is 0.344. The van der Waals surface area contributed by atoms with E-state index in [1.807, 2.05) is 37.3 Å². The summed E-state index contributed by atoms with van der Waals surface area (Å²) in [5, 5.41) is 15.1. The van der Waals surface area contributed by atoms with Crippen LogP contribution in [0.15, 0.2) is 75.0 Å². The number of amidine groups is 1. The summed E-state index contributed by atoms with van der Waals surface area (Å²) in [5.74, 6) is 2.84. The van der Waals surface area contributed by atoms with Crippen LogP contribution in [0.2, 0.25) is 0 Å². The zero-order chi connectivity index (χ0) is 32.5. The van der Waals surface area contributed by atoms with E-state index < -0.39 is 0 Å². The number of nitrogens with zero attached hydrogens (tertiary/aromatic N) is 4. The highest BCUT2D eigenvalue weighted by molar-refractivity contribution is 8.04. The lowest BCUT2D eigenvalue weighted by Crippen LogP contribution is -2.32. The van der Waals surface area contributed by atoms with Gasteiger partial charge in [-0.2, -0.15) is 4.99 Å². The molecule has 2 aromatic rings. The van der Waals surface area contributed by atoms with Crippen LogP contribution in [-0.4, -0.2) is 78.8 Å². The van der Waals surface area contributed by atoms with E-state index in [2.05, 4.69) is 31.5 Å². The average Bonchev–Trinajstić information content (AvgIpc) is 3.81. The number of nitrogens with one attached hydrogen (secondary N) is 3. The molecular formula is C32H39N9O3S. The molecule has 1 aromatic heterocycles. The third-order valence-corrected chi connectivity index (χ3v) is 8.10. The smallest absolute Gasteiger partial charge is 0.272 e. The maximum Gasteiger partial charge on any atom is 0.272 e. The van der Waals surface area contributed by atoms with Crippen LogP contribution < -0.4 is 26.8 Å². The third-order valence-electron chi connectivity index (χ3n) is 7.03. The first kappa shape index (κ1) is 33.2. The first-order chi connectivity index (χ1) is 21.7. The molecule has 1 fully saturated rings. The number of likely N-dealkylation sites (N-methyl/N-ethyl adjacent to an activating group) is 1. The van der Waals surface area contributed by atoms with Crippen molar-refractivity contribution in [3.63, 3.8) is 0 Å². The minimum absolute atomic E-state index is 0.00468. The number of thioether (sulfide) groups is 1. The predicted octanol–water partition coefficient (Wildman–Crippen LogP) is 3.54. The Morgan fingerprint density at radius 1 is 1.27 bits per heavy atom. The largest absolute Gasteiger partial charge is 0.494 e. The first-order valence-corrected chi connectivity index (χ1v) is 15.5. The third kappa shape index (κ3) is 8.48. The lowest BCUT2D eigenvalue weighted by molar-refractivity contribution is -0.118. The minimum Gasteiger partial charge on any atom is -0.494 e. The van der Waals surface area contributed by atoms with Crippen molar-refractivity contribution in [3.8, 4) is 16.9 Å². The van der Waals surface area contributed by atoms with Crippen LogP contribution >= 0.6 is 11.8 Å². The van der Waals surface area contributed by atoms with Crippen LogP contribution in [0.5, 0.6) is 5.75 Å². The average molecular weight is 630 g/mol. The number of para-hydroxylation sites is 1. The van der Waals surface area contributed by atoms with E-state index in [9.17, 15) is 9.59 Å². The summed E-state index contributed by atoms with van der Waals surface area (Å²) >= 11 is 1.50. The lowest BCUT2D eigenvalue weighted by atomic mass is 10.0. The van der Waals surface area contributed by atoms with Crippen molar-refractivity contribution in [2.45, 2.75) is 31.6 Å². The fourth-order valence-corrected chi connectivity index (χ4v) is 5.46. The Balaban J connectivity index is 1.58. The number of carbonyl (C=O) groups is 2. The summed E-state index contributed by atoms with van der Waals surface area (Å²) in [6, 6.07) is 9.01. The number of hydrogen-bond donors (Lipinski definition) is 5. The number of carbonyl (C=O) groups excluding carboxylic acids is 2. The maximum absolute atomic E-state index is 13.1. The van der Waals surface area contributed by atoms with Crippen molar-refractivity contribution in [1.29, 1.82) is 5.41 Å². The topological polar surface area (TPSA) is 184 Å². The Morgan fingerprint density at radius 3 is 2.64 bits per heavy atom. The molecule has 2 aliphatic rings. The van der Waals surface area contributed by atoms with Gasteiger partial charge in [-0.1, -0.05) is 43.0 Å². The van der Waals surface area contributed by atoms with E-state index >= 15 is 0 Å². The Morgan fingerprint density at radius 2 is 2.04 bits per heavy atom. The number of benzene rings is 1. The van der Waals surface area contributed by atoms with Crippen molar-refractivity contribution in [3.05, 3.63) is 70.7 Å². The number of ether oxygens (including phenoxy) is 1. The van der Waals surface area contributed by atoms with Crippen molar-refractivity contribution >= 4 is 46.7 Å². The van der Waals surface area contributed by atoms with Crippen LogP contribution in [0.25, 0.3) is 11.1 Å². The summed E-state index contributed by atoms with van der Waals surface area (Å²) in [4.78, 5) is 40.5. The first-order valence-electron chi connectivity index (χ1n) is 14.6. The number of hydrogen-bond acceptors (Lipinski definition) is 10. The van der Waals surface area contributed by atoms with Gasteiger partial charge in [-0.25, -0.2) is 4.99 Å². The van der Waals surface area contributed by atoms with Crippen LogP contribution in [0.4, 0.5) is 5.69 Å². The van der Waals surface area contributed by atoms with Gasteiger partial charge in [0.25, 0.3) is 11.8 Å². The number of aromatic nitrogens is 1. The van der Waals surface area contributed by atoms with Crippen molar-refractivity contribution < 1.29 is 14.3 Å². The van der Waals surface area contributed by atoms with Crippen molar-refractivity contribution in [2.75, 3.05) is 39.6 Å². The molecule has 0 saturated heterocycles. The van der Waals surface area contributed by atoms with E-state index in [0.717, 1.165) is 23.3 Å². The van der Waals surface area contributed by atoms with Gasteiger partial charge in [0.05, 0.1) is 35.6 Å². The molecule has 13 heteroatoms. The van der Waals surface area contributed by atoms with Crippen molar-refractivity contribution in [2.24, 2.45) is 27.4 Å². The molecule has 12 nitrogen and oxygen atoms in total. The molecule has 2 amide bonds. The molecule has 1 aliphatic heterocycles. The molecule has 1 aromatic carbocycles. The van der Waals surface area contributed by atoms with E-state index in [-0.39, 0.29) is 34.7 Å². The molecule has 0 radical (unpaired) electrons. The highest BCUT2D eigenvalue weighted by Crippen LogP contribution is 2.37. The molecule has 2 heterocycles. The number of methoxy groups -OCH3 is 1. The fourth-order valence-electron chi connectivity index (χ4n) is 4.53. The van der Waals surface area contributed by atoms with Gasteiger partial charge >= 0.3 is 0 Å². The standard InChI is InChI=1S/C32H39N9O3S/c1-5-7-23(36-2)29(35)26(14-27(34)40-31(42)19-10-11-19)39-24-9-6-8-22(30(24)44-4)20-12-13-25(37-16-20)32(43)41(3)18-28-38-17-21(15-33)45-28/h6-9,12-14,16,19,28,35-36,39H,5,10-11,15,18,33H2,1-4H3,(H2,34,40,42)/b23-7+,26-14+,35-29?. The van der Waals surface area contributed by atoms with Crippen LogP contribution in [-0.2, 0) is 4.79 Å². The van der Waals surface area contributed by atoms with Crippen molar-refractivity contribution in [1.82, 2.24) is 15.2 Å². The zero-order valence-corrected chi connectivity index (χ0v) is 26.7. The van der Waals surface area contributed by atoms with Gasteiger partial charge in [0.2, 0.25) is 0 Å². The number of amides is 2. The van der Waals surface area contributed by atoms with Gasteiger partial charge in [-0.05, 0) is 37.3 Å². The molecule has 1 aliphatic carbocycles. The molecule has 45 heavy (non-hydrogen) atoms. The van der Waals surface area contributed by atoms with Crippen LogP contribution in [0.1, 0.15) is 36.7 Å². The highest BCUT2D eigenvalue weighted by atomic mass is 32.2. The normalized spacial score (nSPS) is 16.7. The Kier molecular flexibility index (Phi) is 11.3. The zero-order valence-electron chi connectivity index (χ0n) is 25.9. The van der Waals surface area contributed by atoms with Crippen LogP contribution in [0.3, 0.4) is 0 Å². The lowest BCUT2D eigenvalue weighted by Gasteiger charge is -2.20. The number of anilines is 1. The summed E-state index contributed by atoms with van der Waals surface area (Å²) in [5.41, 5.74) is 15.1. The number of aliphatic imine (C=N–C) groups is 2.